The largest absolute Gasteiger partial charge is 0.358 e. The quantitative estimate of drug-likeness (QED) is 0.585. The normalized spacial score (nSPS) is 19.1. The molecule has 1 aromatic carbocycles. The first-order valence-electron chi connectivity index (χ1n) is 8.31. The van der Waals surface area contributed by atoms with E-state index in [-0.39, 0.29) is 6.23 Å². The summed E-state index contributed by atoms with van der Waals surface area (Å²) < 4.78 is 5.95. The first kappa shape index (κ1) is 17.5. The van der Waals surface area contributed by atoms with Gasteiger partial charge in [-0.2, -0.15) is 0 Å². The fourth-order valence-electron chi connectivity index (χ4n) is 3.00. The Balaban J connectivity index is 2.38. The molecule has 0 bridgehead atoms. The Morgan fingerprint density at radius 2 is 2.17 bits per heavy atom. The number of nitrogens with zero attached hydrogens (tertiary/aromatic N) is 2. The maximum atomic E-state index is 5.95. The first-order chi connectivity index (χ1) is 11.1. The summed E-state index contributed by atoms with van der Waals surface area (Å²) in [7, 11) is 3.90. The summed E-state index contributed by atoms with van der Waals surface area (Å²) in [6.45, 7) is 9.30. The van der Waals surface area contributed by atoms with Crippen LogP contribution in [-0.2, 0) is 4.74 Å². The Kier molecular flexibility index (Phi) is 6.17. The van der Waals surface area contributed by atoms with E-state index in [1.807, 2.05) is 13.1 Å². The van der Waals surface area contributed by atoms with Crippen LogP contribution in [-0.4, -0.2) is 33.1 Å². The zero-order chi connectivity index (χ0) is 16.8. The van der Waals surface area contributed by atoms with Crippen LogP contribution in [0.5, 0.6) is 0 Å². The van der Waals surface area contributed by atoms with Crippen LogP contribution in [0.4, 0.5) is 5.69 Å². The van der Waals surface area contributed by atoms with E-state index in [0.717, 1.165) is 41.8 Å². The highest BCUT2D eigenvalue weighted by atomic mass is 16.5. The maximum absolute atomic E-state index is 5.95. The standard InChI is InChI=1S/C20H28N2O/c1-6-17(14-21-4)16(3)18-13-15(2)10-11-19(18)22(5)20-9-7-8-12-23-20/h6,10-11,13-14,20H,3,7-9,12H2,1-2,4-5H3/b17-6+,21-14?. The Bertz CT molecular complexity index is 610. The van der Waals surface area contributed by atoms with E-state index >= 15 is 0 Å². The molecule has 23 heavy (non-hydrogen) atoms. The number of ether oxygens (including phenoxy) is 1. The highest BCUT2D eigenvalue weighted by Crippen LogP contribution is 2.33. The van der Waals surface area contributed by atoms with Crippen molar-refractivity contribution in [2.45, 2.75) is 39.3 Å². The summed E-state index contributed by atoms with van der Waals surface area (Å²) in [5.41, 5.74) is 5.59. The number of rotatable bonds is 5. The molecule has 1 atom stereocenters. The van der Waals surface area contributed by atoms with E-state index in [1.54, 1.807) is 7.05 Å². The lowest BCUT2D eigenvalue weighted by atomic mass is 9.96. The van der Waals surface area contributed by atoms with Gasteiger partial charge in [-0.05, 0) is 56.4 Å². The van der Waals surface area contributed by atoms with Crippen molar-refractivity contribution in [2.24, 2.45) is 4.99 Å². The molecule has 0 aliphatic carbocycles. The third-order valence-electron chi connectivity index (χ3n) is 4.37. The number of aliphatic imine (C=N–C) groups is 1. The van der Waals surface area contributed by atoms with Gasteiger partial charge in [-0.3, -0.25) is 4.99 Å². The molecule has 1 aromatic rings. The second-order valence-corrected chi connectivity index (χ2v) is 6.06. The van der Waals surface area contributed by atoms with Gasteiger partial charge in [0.15, 0.2) is 0 Å². The van der Waals surface area contributed by atoms with Gasteiger partial charge in [-0.15, -0.1) is 0 Å². The Hall–Kier alpha value is -1.87. The lowest BCUT2D eigenvalue weighted by Crippen LogP contribution is -2.37. The molecule has 0 amide bonds. The third-order valence-corrected chi connectivity index (χ3v) is 4.37. The van der Waals surface area contributed by atoms with Crippen LogP contribution in [0.3, 0.4) is 0 Å². The molecule has 1 unspecified atom stereocenters. The molecule has 0 radical (unpaired) electrons. The van der Waals surface area contributed by atoms with E-state index in [0.29, 0.717) is 0 Å². The number of aryl methyl sites for hydroxylation is 1. The van der Waals surface area contributed by atoms with E-state index in [2.05, 4.69) is 54.7 Å². The van der Waals surface area contributed by atoms with Crippen LogP contribution in [0.1, 0.15) is 37.3 Å². The summed E-state index contributed by atoms with van der Waals surface area (Å²) in [6, 6.07) is 6.52. The van der Waals surface area contributed by atoms with Crippen LogP contribution >= 0.6 is 0 Å². The second kappa shape index (κ2) is 8.11. The molecule has 0 spiro atoms. The minimum Gasteiger partial charge on any atom is -0.358 e. The zero-order valence-electron chi connectivity index (χ0n) is 14.8. The van der Waals surface area contributed by atoms with Crippen LogP contribution in [0.15, 0.2) is 41.4 Å². The molecule has 1 aliphatic rings. The Morgan fingerprint density at radius 1 is 1.39 bits per heavy atom. The summed E-state index contributed by atoms with van der Waals surface area (Å²) in [4.78, 5) is 6.39. The second-order valence-electron chi connectivity index (χ2n) is 6.06. The lowest BCUT2D eigenvalue weighted by molar-refractivity contribution is 0.0174. The van der Waals surface area contributed by atoms with Gasteiger partial charge in [-0.1, -0.05) is 24.3 Å². The van der Waals surface area contributed by atoms with Crippen molar-refractivity contribution in [3.63, 3.8) is 0 Å². The van der Waals surface area contributed by atoms with Crippen molar-refractivity contribution in [3.05, 3.63) is 47.6 Å². The predicted molar refractivity (Wildman–Crippen MR) is 100 cm³/mol. The number of benzene rings is 1. The minimum atomic E-state index is 0.145. The molecule has 3 nitrogen and oxygen atoms in total. The van der Waals surface area contributed by atoms with Crippen molar-refractivity contribution < 1.29 is 4.74 Å². The highest BCUT2D eigenvalue weighted by Gasteiger charge is 2.22. The third kappa shape index (κ3) is 4.11. The number of hydrogen-bond acceptors (Lipinski definition) is 3. The predicted octanol–water partition coefficient (Wildman–Crippen LogP) is 4.62. The first-order valence-corrected chi connectivity index (χ1v) is 8.31. The molecule has 1 fully saturated rings. The van der Waals surface area contributed by atoms with Gasteiger partial charge in [0.2, 0.25) is 0 Å². The molecule has 1 saturated heterocycles. The topological polar surface area (TPSA) is 24.8 Å². The van der Waals surface area contributed by atoms with Gasteiger partial charge in [-0.25, -0.2) is 0 Å². The molecular formula is C20H28N2O. The summed E-state index contributed by atoms with van der Waals surface area (Å²) in [6.07, 6.45) is 7.52. The number of anilines is 1. The minimum absolute atomic E-state index is 0.145. The summed E-state index contributed by atoms with van der Waals surface area (Å²) in [5, 5.41) is 0. The van der Waals surface area contributed by atoms with E-state index in [9.17, 15) is 0 Å². The molecular weight excluding hydrogens is 284 g/mol. The van der Waals surface area contributed by atoms with Crippen molar-refractivity contribution in [1.82, 2.24) is 0 Å². The zero-order valence-corrected chi connectivity index (χ0v) is 14.8. The number of allylic oxidation sites excluding steroid dienone is 3. The molecule has 0 N–H and O–H groups in total. The van der Waals surface area contributed by atoms with Crippen molar-refractivity contribution >= 4 is 17.5 Å². The fraction of sp³-hybridized carbons (Fsp3) is 0.450. The van der Waals surface area contributed by atoms with Gasteiger partial charge in [0.1, 0.15) is 6.23 Å². The average molecular weight is 312 g/mol. The molecule has 1 aliphatic heterocycles. The fourth-order valence-corrected chi connectivity index (χ4v) is 3.00. The van der Waals surface area contributed by atoms with Gasteiger partial charge in [0.25, 0.3) is 0 Å². The van der Waals surface area contributed by atoms with E-state index < -0.39 is 0 Å². The summed E-state index contributed by atoms with van der Waals surface area (Å²) >= 11 is 0. The van der Waals surface area contributed by atoms with E-state index in [1.165, 1.54) is 12.0 Å². The van der Waals surface area contributed by atoms with Gasteiger partial charge < -0.3 is 9.64 Å². The molecule has 1 heterocycles. The summed E-state index contributed by atoms with van der Waals surface area (Å²) in [5.74, 6) is 0. The van der Waals surface area contributed by atoms with Crippen molar-refractivity contribution in [2.75, 3.05) is 25.6 Å². The van der Waals surface area contributed by atoms with Gasteiger partial charge in [0.05, 0.1) is 0 Å². The molecule has 0 saturated carbocycles. The Labute approximate surface area is 140 Å². The van der Waals surface area contributed by atoms with Crippen LogP contribution in [0.25, 0.3) is 5.57 Å². The number of hydrogen-bond donors (Lipinski definition) is 0. The molecule has 0 aromatic heterocycles. The van der Waals surface area contributed by atoms with Gasteiger partial charge in [0, 0.05) is 38.2 Å². The van der Waals surface area contributed by atoms with Crippen molar-refractivity contribution in [3.8, 4) is 0 Å². The maximum Gasteiger partial charge on any atom is 0.129 e. The van der Waals surface area contributed by atoms with Gasteiger partial charge >= 0.3 is 0 Å². The monoisotopic (exact) mass is 312 g/mol. The van der Waals surface area contributed by atoms with Crippen LogP contribution < -0.4 is 4.90 Å². The smallest absolute Gasteiger partial charge is 0.129 e. The lowest BCUT2D eigenvalue weighted by Gasteiger charge is -2.34. The average Bonchev–Trinajstić information content (AvgIpc) is 2.59. The molecule has 3 heteroatoms. The SMILES string of the molecule is C=C(/C(C=NC)=C/C)c1cc(C)ccc1N(C)C1CCCCO1. The van der Waals surface area contributed by atoms with Crippen molar-refractivity contribution in [1.29, 1.82) is 0 Å². The Morgan fingerprint density at radius 3 is 2.78 bits per heavy atom. The molecule has 2 rings (SSSR count). The van der Waals surface area contributed by atoms with E-state index in [4.69, 9.17) is 4.74 Å². The van der Waals surface area contributed by atoms with Crippen LogP contribution in [0.2, 0.25) is 0 Å². The highest BCUT2D eigenvalue weighted by molar-refractivity contribution is 6.02. The molecule has 124 valence electrons. The van der Waals surface area contributed by atoms with Crippen LogP contribution in [0, 0.1) is 6.92 Å².